The number of aromatic nitrogens is 3. The number of fused-ring (bicyclic) bond motifs is 3. The molecule has 9 heteroatoms. The second kappa shape index (κ2) is 7.05. The van der Waals surface area contributed by atoms with Gasteiger partial charge >= 0.3 is 5.97 Å². The monoisotopic (exact) mass is 417 g/mol. The highest BCUT2D eigenvalue weighted by atomic mass is 32.1. The Morgan fingerprint density at radius 2 is 1.93 bits per heavy atom. The van der Waals surface area contributed by atoms with Crippen molar-refractivity contribution >= 4 is 49.9 Å². The molecule has 0 unspecified atom stereocenters. The molecule has 0 aliphatic heterocycles. The largest absolute Gasteiger partial charge is 0.478 e. The van der Waals surface area contributed by atoms with Crippen LogP contribution in [0.4, 0.5) is 10.8 Å². The summed E-state index contributed by atoms with van der Waals surface area (Å²) in [6.07, 6.45) is 1.34. The van der Waals surface area contributed by atoms with Crippen LogP contribution in [0.5, 0.6) is 0 Å². The van der Waals surface area contributed by atoms with Gasteiger partial charge in [-0.1, -0.05) is 24.3 Å². The molecule has 0 saturated carbocycles. The van der Waals surface area contributed by atoms with Crippen LogP contribution < -0.4 is 16.4 Å². The number of aromatic amines is 2. The van der Waals surface area contributed by atoms with Gasteiger partial charge in [0, 0.05) is 33.4 Å². The Hall–Kier alpha value is -4.11. The molecule has 0 bridgehead atoms. The fraction of sp³-hybridized carbons (Fsp3) is 0. The number of benzene rings is 2. The van der Waals surface area contributed by atoms with Crippen molar-refractivity contribution in [3.05, 3.63) is 76.0 Å². The molecular formula is C21H15N5O3S. The highest BCUT2D eigenvalue weighted by Crippen LogP contribution is 2.31. The van der Waals surface area contributed by atoms with Crippen LogP contribution in [0.3, 0.4) is 0 Å². The van der Waals surface area contributed by atoms with E-state index in [0.29, 0.717) is 21.4 Å². The van der Waals surface area contributed by atoms with E-state index in [2.05, 4.69) is 25.8 Å². The lowest BCUT2D eigenvalue weighted by Gasteiger charge is -2.06. The molecule has 0 radical (unpaired) electrons. The molecule has 0 amide bonds. The van der Waals surface area contributed by atoms with Crippen LogP contribution in [0.25, 0.3) is 33.1 Å². The summed E-state index contributed by atoms with van der Waals surface area (Å²) in [6.45, 7) is 0. The number of aromatic carboxylic acids is 1. The topological polar surface area (TPSA) is 123 Å². The van der Waals surface area contributed by atoms with E-state index >= 15 is 0 Å². The van der Waals surface area contributed by atoms with Gasteiger partial charge in [0.05, 0.1) is 16.9 Å². The molecule has 0 fully saturated rings. The molecule has 5 N–H and O–H groups in total. The quantitative estimate of drug-likeness (QED) is 0.272. The van der Waals surface area contributed by atoms with Gasteiger partial charge in [0.25, 0.3) is 5.56 Å². The number of pyridine rings is 1. The number of hydrogen-bond acceptors (Lipinski definition) is 6. The van der Waals surface area contributed by atoms with Crippen molar-refractivity contribution in [3.8, 4) is 11.3 Å². The highest BCUT2D eigenvalue weighted by molar-refractivity contribution is 7.14. The molecule has 0 aliphatic carbocycles. The number of thiazole rings is 1. The van der Waals surface area contributed by atoms with Crippen LogP contribution in [0, 0.1) is 0 Å². The number of carboxylic acids is 1. The number of carboxylic acid groups (broad SMARTS) is 1. The molecule has 0 aliphatic rings. The number of para-hydroxylation sites is 1. The predicted octanol–water partition coefficient (Wildman–Crippen LogP) is 4.27. The molecule has 5 aromatic rings. The Balaban J connectivity index is 1.54. The Bertz CT molecular complexity index is 1450. The maximum absolute atomic E-state index is 12.3. The Labute approximate surface area is 173 Å². The second-order valence-electron chi connectivity index (χ2n) is 6.63. The lowest BCUT2D eigenvalue weighted by atomic mass is 10.0. The molecular weight excluding hydrogens is 402 g/mol. The first kappa shape index (κ1) is 18.0. The zero-order chi connectivity index (χ0) is 20.7. The van der Waals surface area contributed by atoms with Gasteiger partial charge in [0.15, 0.2) is 0 Å². The normalized spacial score (nSPS) is 11.1. The van der Waals surface area contributed by atoms with E-state index in [1.165, 1.54) is 17.5 Å². The minimum absolute atomic E-state index is 0.0611. The van der Waals surface area contributed by atoms with Gasteiger partial charge < -0.3 is 15.1 Å². The lowest BCUT2D eigenvalue weighted by molar-refractivity contribution is 0.0699. The summed E-state index contributed by atoms with van der Waals surface area (Å²) >= 11 is 1.44. The van der Waals surface area contributed by atoms with E-state index < -0.39 is 5.97 Å². The minimum atomic E-state index is -1.09. The number of H-pyrrole nitrogens is 2. The Morgan fingerprint density at radius 3 is 2.73 bits per heavy atom. The van der Waals surface area contributed by atoms with E-state index in [-0.39, 0.29) is 16.6 Å². The summed E-state index contributed by atoms with van der Waals surface area (Å²) < 4.78 is 0. The van der Waals surface area contributed by atoms with Crippen molar-refractivity contribution in [2.45, 2.75) is 0 Å². The minimum Gasteiger partial charge on any atom is -0.478 e. The van der Waals surface area contributed by atoms with Crippen LogP contribution in [0.1, 0.15) is 10.4 Å². The van der Waals surface area contributed by atoms with Crippen LogP contribution in [0.2, 0.25) is 0 Å². The second-order valence-corrected chi connectivity index (χ2v) is 7.48. The van der Waals surface area contributed by atoms with Gasteiger partial charge in [-0.2, -0.15) is 0 Å². The van der Waals surface area contributed by atoms with Crippen molar-refractivity contribution < 1.29 is 9.90 Å². The summed E-state index contributed by atoms with van der Waals surface area (Å²) in [4.78, 5) is 34.0. The van der Waals surface area contributed by atoms with Gasteiger partial charge in [-0.3, -0.25) is 15.6 Å². The standard InChI is InChI=1S/C21H15N5O3S/c27-19-18-17(14(9-22-18)20(28)29)13-8-11(6-7-15(13)23-19)16-10-30-21(24-16)26-25-12-4-2-1-3-5-12/h1-10,22,25H,(H,23,27)(H,24,26)(H,28,29). The fourth-order valence-corrected chi connectivity index (χ4v) is 4.04. The first-order valence-electron chi connectivity index (χ1n) is 9.03. The molecule has 2 aromatic carbocycles. The third-order valence-corrected chi connectivity index (χ3v) is 5.52. The number of carbonyl (C=O) groups is 1. The number of anilines is 2. The molecule has 3 heterocycles. The van der Waals surface area contributed by atoms with Crippen LogP contribution in [-0.2, 0) is 0 Å². The van der Waals surface area contributed by atoms with E-state index in [4.69, 9.17) is 0 Å². The van der Waals surface area contributed by atoms with Crippen LogP contribution in [0.15, 0.2) is 64.9 Å². The van der Waals surface area contributed by atoms with Gasteiger partial charge in [0.2, 0.25) is 5.13 Å². The molecule has 0 spiro atoms. The van der Waals surface area contributed by atoms with Crippen molar-refractivity contribution in [1.29, 1.82) is 0 Å². The molecule has 0 saturated heterocycles. The summed E-state index contributed by atoms with van der Waals surface area (Å²) in [5.41, 5.74) is 9.15. The van der Waals surface area contributed by atoms with Crippen LogP contribution >= 0.6 is 11.3 Å². The molecule has 3 aromatic heterocycles. The maximum Gasteiger partial charge on any atom is 0.337 e. The fourth-order valence-electron chi connectivity index (χ4n) is 3.37. The van der Waals surface area contributed by atoms with Crippen molar-refractivity contribution in [1.82, 2.24) is 15.0 Å². The number of nitrogens with zero attached hydrogens (tertiary/aromatic N) is 1. The summed E-state index contributed by atoms with van der Waals surface area (Å²) in [6, 6.07) is 15.1. The summed E-state index contributed by atoms with van der Waals surface area (Å²) in [7, 11) is 0. The van der Waals surface area contributed by atoms with E-state index in [9.17, 15) is 14.7 Å². The zero-order valence-corrected chi connectivity index (χ0v) is 16.2. The SMILES string of the molecule is O=C(O)c1c[nH]c2c(=O)[nH]c3ccc(-c4csc(NNc5ccccc5)n4)cc3c12. The van der Waals surface area contributed by atoms with E-state index in [1.54, 1.807) is 6.07 Å². The Kier molecular flexibility index (Phi) is 4.22. The van der Waals surface area contributed by atoms with Gasteiger partial charge in [-0.15, -0.1) is 11.3 Å². The highest BCUT2D eigenvalue weighted by Gasteiger charge is 2.17. The number of hydrazine groups is 1. The first-order valence-corrected chi connectivity index (χ1v) is 9.91. The molecule has 148 valence electrons. The van der Waals surface area contributed by atoms with Crippen LogP contribution in [-0.4, -0.2) is 26.0 Å². The van der Waals surface area contributed by atoms with E-state index in [0.717, 1.165) is 16.9 Å². The smallest absolute Gasteiger partial charge is 0.337 e. The van der Waals surface area contributed by atoms with Crippen molar-refractivity contribution in [2.75, 3.05) is 10.9 Å². The van der Waals surface area contributed by atoms with Gasteiger partial charge in [-0.05, 0) is 24.3 Å². The summed E-state index contributed by atoms with van der Waals surface area (Å²) in [5, 5.41) is 13.1. The molecule has 0 atom stereocenters. The number of nitrogens with one attached hydrogen (secondary N) is 4. The molecule has 8 nitrogen and oxygen atoms in total. The first-order chi connectivity index (χ1) is 14.6. The lowest BCUT2D eigenvalue weighted by Crippen LogP contribution is -2.08. The maximum atomic E-state index is 12.3. The Morgan fingerprint density at radius 1 is 1.10 bits per heavy atom. The van der Waals surface area contributed by atoms with Crippen molar-refractivity contribution in [3.63, 3.8) is 0 Å². The number of hydrogen-bond donors (Lipinski definition) is 5. The van der Waals surface area contributed by atoms with Gasteiger partial charge in [0.1, 0.15) is 5.52 Å². The molecule has 5 rings (SSSR count). The van der Waals surface area contributed by atoms with Gasteiger partial charge in [-0.25, -0.2) is 9.78 Å². The third-order valence-electron chi connectivity index (χ3n) is 4.76. The predicted molar refractivity (Wildman–Crippen MR) is 118 cm³/mol. The average Bonchev–Trinajstić information content (AvgIpc) is 3.41. The number of rotatable bonds is 5. The summed E-state index contributed by atoms with van der Waals surface area (Å²) in [5.74, 6) is -1.09. The molecule has 30 heavy (non-hydrogen) atoms. The average molecular weight is 417 g/mol. The third kappa shape index (κ3) is 3.07. The zero-order valence-electron chi connectivity index (χ0n) is 15.4. The van der Waals surface area contributed by atoms with E-state index in [1.807, 2.05) is 47.8 Å². The van der Waals surface area contributed by atoms with Crippen molar-refractivity contribution in [2.24, 2.45) is 0 Å².